The Morgan fingerprint density at radius 3 is 1.19 bits per heavy atom. The topological polar surface area (TPSA) is 189 Å². The first-order valence-corrected chi connectivity index (χ1v) is 30.7. The Hall–Kier alpha value is -1.41. The van der Waals surface area contributed by atoms with Crippen molar-refractivity contribution in [1.29, 1.82) is 0 Å². The highest BCUT2D eigenvalue weighted by atomic mass is 16.7. The molecule has 0 aromatic rings. The number of amides is 1. The van der Waals surface area contributed by atoms with E-state index in [0.29, 0.717) is 12.8 Å². The molecule has 72 heavy (non-hydrogen) atoms. The molecular formula is C61H117NO10. The molecule has 1 aliphatic heterocycles. The van der Waals surface area contributed by atoms with E-state index < -0.39 is 74.2 Å². The number of rotatable bonds is 53. The maximum Gasteiger partial charge on any atom is 0.249 e. The molecular weight excluding hydrogens is 907 g/mol. The second kappa shape index (κ2) is 50.4. The monoisotopic (exact) mass is 1020 g/mol. The molecule has 0 aromatic carbocycles. The fraction of sp³-hybridized carbons (Fsp3) is 0.918. The van der Waals surface area contributed by atoms with Crippen LogP contribution in [0, 0.1) is 0 Å². The van der Waals surface area contributed by atoms with Crippen LogP contribution in [0.5, 0.6) is 0 Å². The second-order valence-corrected chi connectivity index (χ2v) is 21.8. The number of unbranched alkanes of at least 4 members (excludes halogenated alkanes) is 37. The Morgan fingerprint density at radius 1 is 0.472 bits per heavy atom. The molecule has 1 amide bonds. The minimum atomic E-state index is -1.67. The Labute approximate surface area is 442 Å². The first-order chi connectivity index (χ1) is 35.2. The van der Waals surface area contributed by atoms with Crippen molar-refractivity contribution < 1.29 is 50.0 Å². The Balaban J connectivity index is 2.26. The number of hydrogen-bond acceptors (Lipinski definition) is 10. The predicted octanol–water partition coefficient (Wildman–Crippen LogP) is 13.3. The number of hydrogen-bond donors (Lipinski definition) is 8. The summed E-state index contributed by atoms with van der Waals surface area (Å²) in [5.41, 5.74) is 0. The van der Waals surface area contributed by atoms with E-state index in [9.17, 15) is 40.5 Å². The van der Waals surface area contributed by atoms with Crippen LogP contribution in [0.3, 0.4) is 0 Å². The second-order valence-electron chi connectivity index (χ2n) is 21.8. The average molecular weight is 1020 g/mol. The standard InChI is InChI=1S/C61H117NO10/c1-3-5-7-9-11-13-15-17-19-21-22-23-24-25-26-27-28-29-30-31-32-33-35-36-38-40-42-44-46-48-53(64)56(66)52(51-71-61-59(69)58(68)57(67)55(50-63)72-61)62-60(70)54(65)49-47-45-43-41-39-37-34-20-18-16-14-12-10-8-6-4-2/h18,20,40,42,52-59,61,63-69H,3-17,19,21-39,41,43-51H2,1-2H3,(H,62,70)/b20-18-,42-40+. The molecule has 1 heterocycles. The molecule has 0 aromatic heterocycles. The van der Waals surface area contributed by atoms with E-state index in [1.807, 2.05) is 0 Å². The van der Waals surface area contributed by atoms with Gasteiger partial charge in [-0.05, 0) is 64.2 Å². The fourth-order valence-corrected chi connectivity index (χ4v) is 9.97. The molecule has 9 unspecified atom stereocenters. The average Bonchev–Trinajstić information content (AvgIpc) is 3.38. The van der Waals surface area contributed by atoms with Gasteiger partial charge in [0.1, 0.15) is 36.6 Å². The van der Waals surface area contributed by atoms with Crippen LogP contribution < -0.4 is 5.32 Å². The summed E-state index contributed by atoms with van der Waals surface area (Å²) in [6.07, 6.45) is 49.7. The zero-order valence-electron chi connectivity index (χ0n) is 46.7. The van der Waals surface area contributed by atoms with Gasteiger partial charge < -0.3 is 50.5 Å². The zero-order valence-corrected chi connectivity index (χ0v) is 46.7. The number of carbonyl (C=O) groups is 1. The SMILES string of the molecule is CCCCCCCC/C=C\CCCCCCCCC(O)C(=O)NC(COC1OC(CO)C(O)C(O)C1O)C(O)C(O)CCC/C=C/CCCCCCCCCCCCCCCCCCCCCCCCCC. The number of carbonyl (C=O) groups excluding carboxylic acids is 1. The maximum atomic E-state index is 13.2. The first-order valence-electron chi connectivity index (χ1n) is 30.7. The van der Waals surface area contributed by atoms with Gasteiger partial charge in [-0.2, -0.15) is 0 Å². The van der Waals surface area contributed by atoms with Crippen molar-refractivity contribution in [2.45, 2.75) is 345 Å². The van der Waals surface area contributed by atoms with Crippen LogP contribution in [-0.2, 0) is 14.3 Å². The molecule has 0 radical (unpaired) electrons. The van der Waals surface area contributed by atoms with Gasteiger partial charge in [-0.1, -0.05) is 250 Å². The highest BCUT2D eigenvalue weighted by Crippen LogP contribution is 2.23. The summed E-state index contributed by atoms with van der Waals surface area (Å²) in [7, 11) is 0. The summed E-state index contributed by atoms with van der Waals surface area (Å²) in [5.74, 6) is -0.708. The Morgan fingerprint density at radius 2 is 0.819 bits per heavy atom. The van der Waals surface area contributed by atoms with Crippen LogP contribution in [0.15, 0.2) is 24.3 Å². The van der Waals surface area contributed by atoms with Crippen molar-refractivity contribution in [3.63, 3.8) is 0 Å². The molecule has 0 spiro atoms. The quantitative estimate of drug-likeness (QED) is 0.0215. The molecule has 1 aliphatic rings. The molecule has 11 nitrogen and oxygen atoms in total. The van der Waals surface area contributed by atoms with Crippen molar-refractivity contribution in [3.8, 4) is 0 Å². The van der Waals surface area contributed by atoms with E-state index >= 15 is 0 Å². The summed E-state index contributed by atoms with van der Waals surface area (Å²) in [5, 5.41) is 76.1. The highest BCUT2D eigenvalue weighted by Gasteiger charge is 2.44. The number of nitrogens with one attached hydrogen (secondary N) is 1. The van der Waals surface area contributed by atoms with Gasteiger partial charge in [0.05, 0.1) is 25.4 Å². The van der Waals surface area contributed by atoms with E-state index in [2.05, 4.69) is 43.5 Å². The number of ether oxygens (including phenoxy) is 2. The van der Waals surface area contributed by atoms with Crippen molar-refractivity contribution in [1.82, 2.24) is 5.32 Å². The van der Waals surface area contributed by atoms with Gasteiger partial charge in [0.25, 0.3) is 0 Å². The van der Waals surface area contributed by atoms with Gasteiger partial charge in [-0.3, -0.25) is 4.79 Å². The lowest BCUT2D eigenvalue weighted by Gasteiger charge is -2.40. The van der Waals surface area contributed by atoms with Gasteiger partial charge in [0.2, 0.25) is 5.91 Å². The van der Waals surface area contributed by atoms with Gasteiger partial charge >= 0.3 is 0 Å². The third-order valence-electron chi connectivity index (χ3n) is 15.0. The lowest BCUT2D eigenvalue weighted by atomic mass is 9.98. The molecule has 1 fully saturated rings. The summed E-state index contributed by atoms with van der Waals surface area (Å²) < 4.78 is 11.1. The Bertz CT molecular complexity index is 1220. The van der Waals surface area contributed by atoms with Crippen LogP contribution in [0.4, 0.5) is 0 Å². The minimum absolute atomic E-state index is 0.248. The molecule has 11 heteroatoms. The first kappa shape index (κ1) is 68.6. The van der Waals surface area contributed by atoms with Crippen LogP contribution in [0.2, 0.25) is 0 Å². The minimum Gasteiger partial charge on any atom is -0.394 e. The molecule has 0 saturated carbocycles. The number of allylic oxidation sites excluding steroid dienone is 4. The van der Waals surface area contributed by atoms with Crippen LogP contribution >= 0.6 is 0 Å². The molecule has 9 atom stereocenters. The third-order valence-corrected chi connectivity index (χ3v) is 15.0. The number of aliphatic hydroxyl groups excluding tert-OH is 7. The van der Waals surface area contributed by atoms with E-state index in [0.717, 1.165) is 57.8 Å². The van der Waals surface area contributed by atoms with Gasteiger partial charge in [0.15, 0.2) is 6.29 Å². The Kier molecular flexibility index (Phi) is 48.0. The van der Waals surface area contributed by atoms with Crippen molar-refractivity contribution in [3.05, 3.63) is 24.3 Å². The van der Waals surface area contributed by atoms with Gasteiger partial charge in [-0.25, -0.2) is 0 Å². The molecule has 8 N–H and O–H groups in total. The summed E-state index contributed by atoms with van der Waals surface area (Å²) >= 11 is 0. The van der Waals surface area contributed by atoms with Crippen molar-refractivity contribution in [2.75, 3.05) is 13.2 Å². The lowest BCUT2D eigenvalue weighted by Crippen LogP contribution is -2.60. The fourth-order valence-electron chi connectivity index (χ4n) is 9.97. The molecule has 426 valence electrons. The van der Waals surface area contributed by atoms with Gasteiger partial charge in [-0.15, -0.1) is 0 Å². The summed E-state index contributed by atoms with van der Waals surface area (Å²) in [6, 6.07) is -1.19. The van der Waals surface area contributed by atoms with Crippen LogP contribution in [-0.4, -0.2) is 110 Å². The molecule has 1 saturated heterocycles. The number of aliphatic hydroxyl groups is 7. The molecule has 1 rings (SSSR count). The molecule has 0 bridgehead atoms. The van der Waals surface area contributed by atoms with E-state index in [4.69, 9.17) is 9.47 Å². The van der Waals surface area contributed by atoms with Crippen LogP contribution in [0.1, 0.15) is 290 Å². The predicted molar refractivity (Wildman–Crippen MR) is 298 cm³/mol. The van der Waals surface area contributed by atoms with E-state index in [-0.39, 0.29) is 12.8 Å². The summed E-state index contributed by atoms with van der Waals surface area (Å²) in [6.45, 7) is 3.46. The van der Waals surface area contributed by atoms with Gasteiger partial charge in [0, 0.05) is 0 Å². The van der Waals surface area contributed by atoms with E-state index in [1.165, 1.54) is 193 Å². The lowest BCUT2D eigenvalue weighted by molar-refractivity contribution is -0.303. The van der Waals surface area contributed by atoms with Crippen molar-refractivity contribution in [2.24, 2.45) is 0 Å². The van der Waals surface area contributed by atoms with Crippen LogP contribution in [0.25, 0.3) is 0 Å². The molecule has 0 aliphatic carbocycles. The third kappa shape index (κ3) is 38.2. The highest BCUT2D eigenvalue weighted by molar-refractivity contribution is 5.80. The normalized spacial score (nSPS) is 20.2. The maximum absolute atomic E-state index is 13.2. The largest absolute Gasteiger partial charge is 0.394 e. The smallest absolute Gasteiger partial charge is 0.249 e. The van der Waals surface area contributed by atoms with Crippen molar-refractivity contribution >= 4 is 5.91 Å². The zero-order chi connectivity index (χ0) is 52.5. The van der Waals surface area contributed by atoms with E-state index in [1.54, 1.807) is 0 Å². The summed E-state index contributed by atoms with van der Waals surface area (Å²) in [4.78, 5) is 13.2.